The number of benzene rings is 2. The Morgan fingerprint density at radius 2 is 1.78 bits per heavy atom. The van der Waals surface area contributed by atoms with Gasteiger partial charge < -0.3 is 10.2 Å². The molecule has 120 valence electrons. The molecule has 0 radical (unpaired) electrons. The van der Waals surface area contributed by atoms with Crippen LogP contribution in [0.15, 0.2) is 54.6 Å². The predicted octanol–water partition coefficient (Wildman–Crippen LogP) is 3.05. The first-order valence-corrected chi connectivity index (χ1v) is 7.71. The van der Waals surface area contributed by atoms with Crippen LogP contribution in [0.5, 0.6) is 0 Å². The van der Waals surface area contributed by atoms with Crippen LogP contribution in [0.2, 0.25) is 0 Å². The van der Waals surface area contributed by atoms with Crippen LogP contribution < -0.4 is 10.2 Å². The van der Waals surface area contributed by atoms with E-state index >= 15 is 0 Å². The molecule has 0 spiro atoms. The van der Waals surface area contributed by atoms with Gasteiger partial charge in [-0.15, -0.1) is 0 Å². The van der Waals surface area contributed by atoms with Crippen molar-refractivity contribution in [2.45, 2.75) is 26.8 Å². The highest BCUT2D eigenvalue weighted by atomic mass is 16.2. The minimum Gasteiger partial charge on any atom is -0.352 e. The van der Waals surface area contributed by atoms with E-state index in [1.807, 2.05) is 61.5 Å². The van der Waals surface area contributed by atoms with Crippen molar-refractivity contribution in [3.05, 3.63) is 65.7 Å². The van der Waals surface area contributed by atoms with E-state index in [0.717, 1.165) is 16.8 Å². The molecule has 0 saturated heterocycles. The van der Waals surface area contributed by atoms with Crippen molar-refractivity contribution in [3.8, 4) is 0 Å². The molecule has 1 N–H and O–H groups in total. The van der Waals surface area contributed by atoms with Crippen LogP contribution in [0.3, 0.4) is 0 Å². The average Bonchev–Trinajstić information content (AvgIpc) is 2.54. The molecule has 2 aromatic carbocycles. The SMILES string of the molecule is CC(=O)N(CCC(=O)NCc1ccccc1)c1cccc(C)c1. The van der Waals surface area contributed by atoms with Gasteiger partial charge in [-0.25, -0.2) is 0 Å². The fourth-order valence-electron chi connectivity index (χ4n) is 2.36. The van der Waals surface area contributed by atoms with Crippen LogP contribution in [0.25, 0.3) is 0 Å². The molecule has 0 aliphatic heterocycles. The second-order valence-electron chi connectivity index (χ2n) is 5.52. The van der Waals surface area contributed by atoms with Gasteiger partial charge in [-0.1, -0.05) is 42.5 Å². The summed E-state index contributed by atoms with van der Waals surface area (Å²) < 4.78 is 0. The van der Waals surface area contributed by atoms with Crippen molar-refractivity contribution in [1.82, 2.24) is 5.32 Å². The van der Waals surface area contributed by atoms with Gasteiger partial charge in [-0.3, -0.25) is 9.59 Å². The summed E-state index contributed by atoms with van der Waals surface area (Å²) in [7, 11) is 0. The molecular formula is C19H22N2O2. The van der Waals surface area contributed by atoms with Gasteiger partial charge in [0.05, 0.1) is 0 Å². The topological polar surface area (TPSA) is 49.4 Å². The Balaban J connectivity index is 1.89. The minimum atomic E-state index is -0.0635. The molecule has 0 fully saturated rings. The normalized spacial score (nSPS) is 10.2. The van der Waals surface area contributed by atoms with Gasteiger partial charge >= 0.3 is 0 Å². The number of amides is 2. The molecule has 0 aromatic heterocycles. The lowest BCUT2D eigenvalue weighted by Crippen LogP contribution is -2.33. The Morgan fingerprint density at radius 3 is 2.43 bits per heavy atom. The molecular weight excluding hydrogens is 288 g/mol. The van der Waals surface area contributed by atoms with E-state index in [4.69, 9.17) is 0 Å². The summed E-state index contributed by atoms with van der Waals surface area (Å²) in [6.07, 6.45) is 0.278. The van der Waals surface area contributed by atoms with E-state index in [-0.39, 0.29) is 18.2 Å². The average molecular weight is 310 g/mol. The molecule has 0 unspecified atom stereocenters. The third-order valence-corrected chi connectivity index (χ3v) is 3.59. The Bertz CT molecular complexity index is 668. The largest absolute Gasteiger partial charge is 0.352 e. The molecule has 4 heteroatoms. The quantitative estimate of drug-likeness (QED) is 0.891. The first-order valence-electron chi connectivity index (χ1n) is 7.71. The first-order chi connectivity index (χ1) is 11.1. The second kappa shape index (κ2) is 8.13. The zero-order valence-electron chi connectivity index (χ0n) is 13.6. The van der Waals surface area contributed by atoms with E-state index < -0.39 is 0 Å². The summed E-state index contributed by atoms with van der Waals surface area (Å²) in [6.45, 7) is 4.38. The molecule has 0 bridgehead atoms. The zero-order valence-corrected chi connectivity index (χ0v) is 13.6. The van der Waals surface area contributed by atoms with Crippen LogP contribution >= 0.6 is 0 Å². The standard InChI is InChI=1S/C19H22N2O2/c1-15-7-6-10-18(13-15)21(16(2)22)12-11-19(23)20-14-17-8-4-3-5-9-17/h3-10,13H,11-12,14H2,1-2H3,(H,20,23). The molecule has 4 nitrogen and oxygen atoms in total. The highest BCUT2D eigenvalue weighted by molar-refractivity contribution is 5.92. The maximum absolute atomic E-state index is 12.0. The monoisotopic (exact) mass is 310 g/mol. The number of anilines is 1. The zero-order chi connectivity index (χ0) is 16.7. The number of hydrogen-bond acceptors (Lipinski definition) is 2. The lowest BCUT2D eigenvalue weighted by Gasteiger charge is -2.21. The molecule has 0 atom stereocenters. The minimum absolute atomic E-state index is 0.0623. The maximum Gasteiger partial charge on any atom is 0.223 e. The summed E-state index contributed by atoms with van der Waals surface area (Å²) >= 11 is 0. The van der Waals surface area contributed by atoms with Gasteiger partial charge in [-0.05, 0) is 30.2 Å². The number of hydrogen-bond donors (Lipinski definition) is 1. The summed E-state index contributed by atoms with van der Waals surface area (Å²) in [4.78, 5) is 25.5. The number of nitrogens with zero attached hydrogens (tertiary/aromatic N) is 1. The third kappa shape index (κ3) is 5.25. The van der Waals surface area contributed by atoms with Gasteiger partial charge in [0.25, 0.3) is 0 Å². The molecule has 0 aliphatic carbocycles. The molecule has 2 rings (SSSR count). The highest BCUT2D eigenvalue weighted by Gasteiger charge is 2.13. The lowest BCUT2D eigenvalue weighted by atomic mass is 10.2. The number of aryl methyl sites for hydroxylation is 1. The summed E-state index contributed by atoms with van der Waals surface area (Å²) in [5.41, 5.74) is 2.97. The molecule has 2 aromatic rings. The van der Waals surface area contributed by atoms with Crippen LogP contribution in [-0.4, -0.2) is 18.4 Å². The van der Waals surface area contributed by atoms with E-state index in [0.29, 0.717) is 13.1 Å². The fourth-order valence-corrected chi connectivity index (χ4v) is 2.36. The van der Waals surface area contributed by atoms with Crippen molar-refractivity contribution in [1.29, 1.82) is 0 Å². The number of carbonyl (C=O) groups is 2. The van der Waals surface area contributed by atoms with E-state index in [1.54, 1.807) is 4.90 Å². The van der Waals surface area contributed by atoms with Gasteiger partial charge in [0, 0.05) is 32.1 Å². The Hall–Kier alpha value is -2.62. The predicted molar refractivity (Wildman–Crippen MR) is 92.1 cm³/mol. The summed E-state index contributed by atoms with van der Waals surface area (Å²) in [6, 6.07) is 17.5. The van der Waals surface area contributed by atoms with Crippen LogP contribution in [0.4, 0.5) is 5.69 Å². The number of nitrogens with one attached hydrogen (secondary N) is 1. The van der Waals surface area contributed by atoms with Crippen molar-refractivity contribution < 1.29 is 9.59 Å². The molecule has 0 aliphatic rings. The molecule has 0 heterocycles. The molecule has 0 saturated carbocycles. The van der Waals surface area contributed by atoms with E-state index in [9.17, 15) is 9.59 Å². The van der Waals surface area contributed by atoms with Gasteiger partial charge in [0.2, 0.25) is 11.8 Å². The Morgan fingerprint density at radius 1 is 1.04 bits per heavy atom. The van der Waals surface area contributed by atoms with Gasteiger partial charge in [-0.2, -0.15) is 0 Å². The Kier molecular flexibility index (Phi) is 5.92. The van der Waals surface area contributed by atoms with Crippen LogP contribution in [0, 0.1) is 6.92 Å². The number of carbonyl (C=O) groups excluding carboxylic acids is 2. The summed E-state index contributed by atoms with van der Waals surface area (Å²) in [5.74, 6) is -0.126. The smallest absolute Gasteiger partial charge is 0.223 e. The lowest BCUT2D eigenvalue weighted by molar-refractivity contribution is -0.121. The third-order valence-electron chi connectivity index (χ3n) is 3.59. The highest BCUT2D eigenvalue weighted by Crippen LogP contribution is 2.16. The fraction of sp³-hybridized carbons (Fsp3) is 0.263. The van der Waals surface area contributed by atoms with Crippen LogP contribution in [0.1, 0.15) is 24.5 Å². The van der Waals surface area contributed by atoms with E-state index in [2.05, 4.69) is 5.32 Å². The van der Waals surface area contributed by atoms with Gasteiger partial charge in [0.1, 0.15) is 0 Å². The van der Waals surface area contributed by atoms with Crippen molar-refractivity contribution in [3.63, 3.8) is 0 Å². The van der Waals surface area contributed by atoms with Crippen molar-refractivity contribution in [2.75, 3.05) is 11.4 Å². The van der Waals surface area contributed by atoms with Crippen molar-refractivity contribution >= 4 is 17.5 Å². The molecule has 2 amide bonds. The Labute approximate surface area is 137 Å². The summed E-state index contributed by atoms with van der Waals surface area (Å²) in [5, 5.41) is 2.88. The number of rotatable bonds is 6. The van der Waals surface area contributed by atoms with Crippen LogP contribution in [-0.2, 0) is 16.1 Å². The maximum atomic E-state index is 12.0. The van der Waals surface area contributed by atoms with Gasteiger partial charge in [0.15, 0.2) is 0 Å². The van der Waals surface area contributed by atoms with Crippen molar-refractivity contribution in [2.24, 2.45) is 0 Å². The second-order valence-corrected chi connectivity index (χ2v) is 5.52. The molecule has 23 heavy (non-hydrogen) atoms. The first kappa shape index (κ1) is 16.7. The van der Waals surface area contributed by atoms with E-state index in [1.165, 1.54) is 6.92 Å².